The minimum absolute atomic E-state index is 0.0389. The summed E-state index contributed by atoms with van der Waals surface area (Å²) >= 11 is 0. The summed E-state index contributed by atoms with van der Waals surface area (Å²) in [7, 11) is 0. The van der Waals surface area contributed by atoms with Crippen LogP contribution in [0.5, 0.6) is 0 Å². The van der Waals surface area contributed by atoms with Gasteiger partial charge in [0, 0.05) is 37.8 Å². The van der Waals surface area contributed by atoms with Crippen molar-refractivity contribution < 1.29 is 24.1 Å². The van der Waals surface area contributed by atoms with Crippen molar-refractivity contribution in [3.63, 3.8) is 0 Å². The van der Waals surface area contributed by atoms with Crippen molar-refractivity contribution in [2.75, 3.05) is 52.6 Å². The molecule has 4 rings (SSSR count). The Labute approximate surface area is 186 Å². The Balaban J connectivity index is 1.20. The van der Waals surface area contributed by atoms with Crippen LogP contribution in [0.25, 0.3) is 0 Å². The summed E-state index contributed by atoms with van der Waals surface area (Å²) in [4.78, 5) is 17.3. The van der Waals surface area contributed by atoms with Crippen molar-refractivity contribution in [1.82, 2.24) is 15.1 Å². The van der Waals surface area contributed by atoms with Gasteiger partial charge in [-0.15, -0.1) is 0 Å². The number of hydrogen-bond donors (Lipinski definition) is 2. The number of piperazine rings is 1. The second kappa shape index (κ2) is 9.14. The zero-order valence-electron chi connectivity index (χ0n) is 19.5. The smallest absolute Gasteiger partial charge is 0.411 e. The Hall–Kier alpha value is -0.930. The second-order valence-electron chi connectivity index (χ2n) is 10.9. The molecule has 31 heavy (non-hydrogen) atoms. The first-order valence-electron chi connectivity index (χ1n) is 12.1. The monoisotopic (exact) mass is 439 g/mol. The van der Waals surface area contributed by atoms with Gasteiger partial charge in [0.25, 0.3) is 0 Å². The number of aliphatic hydroxyl groups excluding tert-OH is 1. The number of rotatable bonds is 8. The topological polar surface area (TPSA) is 83.5 Å². The van der Waals surface area contributed by atoms with E-state index in [9.17, 15) is 9.90 Å². The molecule has 2 unspecified atom stereocenters. The summed E-state index contributed by atoms with van der Waals surface area (Å²) in [5.74, 6) is 0. The van der Waals surface area contributed by atoms with Crippen LogP contribution in [0, 0.1) is 0 Å². The third-order valence-electron chi connectivity index (χ3n) is 7.60. The summed E-state index contributed by atoms with van der Waals surface area (Å²) in [6.45, 7) is 11.3. The molecule has 0 aromatic carbocycles. The molecular weight excluding hydrogens is 398 g/mol. The van der Waals surface area contributed by atoms with E-state index in [1.54, 1.807) is 0 Å². The first-order valence-corrected chi connectivity index (χ1v) is 12.1. The van der Waals surface area contributed by atoms with E-state index in [1.165, 1.54) is 6.42 Å². The van der Waals surface area contributed by atoms with Gasteiger partial charge in [0.15, 0.2) is 0 Å². The molecule has 0 aromatic rings. The van der Waals surface area contributed by atoms with E-state index < -0.39 is 5.60 Å². The first kappa shape index (κ1) is 23.2. The minimum Gasteiger partial charge on any atom is -0.444 e. The van der Waals surface area contributed by atoms with E-state index in [-0.39, 0.29) is 35.9 Å². The highest BCUT2D eigenvalue weighted by molar-refractivity contribution is 5.70. The van der Waals surface area contributed by atoms with Crippen LogP contribution in [0.1, 0.15) is 59.3 Å². The zero-order valence-corrected chi connectivity index (χ0v) is 19.5. The molecule has 0 radical (unpaired) electrons. The van der Waals surface area contributed by atoms with Crippen molar-refractivity contribution in [3.8, 4) is 0 Å². The largest absolute Gasteiger partial charge is 0.444 e. The van der Waals surface area contributed by atoms with Crippen molar-refractivity contribution in [3.05, 3.63) is 0 Å². The predicted molar refractivity (Wildman–Crippen MR) is 117 cm³/mol. The molecule has 4 aliphatic rings. The lowest BCUT2D eigenvalue weighted by atomic mass is 9.92. The molecule has 0 spiro atoms. The second-order valence-corrected chi connectivity index (χ2v) is 10.9. The van der Waals surface area contributed by atoms with E-state index in [1.807, 2.05) is 25.7 Å². The normalized spacial score (nSPS) is 35.5. The van der Waals surface area contributed by atoms with Crippen LogP contribution in [0.4, 0.5) is 4.79 Å². The Morgan fingerprint density at radius 1 is 1.19 bits per heavy atom. The Morgan fingerprint density at radius 2 is 2.03 bits per heavy atom. The summed E-state index contributed by atoms with van der Waals surface area (Å²) in [6, 6.07) is 0.211. The van der Waals surface area contributed by atoms with Crippen LogP contribution in [0.3, 0.4) is 0 Å². The molecule has 2 bridgehead atoms. The summed E-state index contributed by atoms with van der Waals surface area (Å²) in [5, 5.41) is 13.3. The number of carbonyl (C=O) groups excluding carboxylic acids is 1. The Morgan fingerprint density at radius 3 is 2.77 bits per heavy atom. The molecule has 8 nitrogen and oxygen atoms in total. The van der Waals surface area contributed by atoms with Crippen LogP contribution >= 0.6 is 0 Å². The molecule has 4 atom stereocenters. The maximum Gasteiger partial charge on any atom is 0.411 e. The summed E-state index contributed by atoms with van der Waals surface area (Å²) in [6.07, 6.45) is 5.98. The number of nitrogens with zero attached hydrogens (tertiary/aromatic N) is 2. The molecule has 0 saturated carbocycles. The van der Waals surface area contributed by atoms with Gasteiger partial charge in [-0.1, -0.05) is 0 Å². The predicted octanol–water partition coefficient (Wildman–Crippen LogP) is 1.75. The molecule has 0 aliphatic carbocycles. The van der Waals surface area contributed by atoms with Gasteiger partial charge in [-0.25, -0.2) is 4.79 Å². The molecular formula is C23H41N3O5. The van der Waals surface area contributed by atoms with Gasteiger partial charge in [0.2, 0.25) is 0 Å². The third kappa shape index (κ3) is 4.88. The fourth-order valence-electron chi connectivity index (χ4n) is 6.14. The molecule has 4 heterocycles. The molecule has 0 aromatic heterocycles. The quantitative estimate of drug-likeness (QED) is 0.558. The molecule has 8 heteroatoms. The Kier molecular flexibility index (Phi) is 6.85. The van der Waals surface area contributed by atoms with Crippen molar-refractivity contribution in [1.29, 1.82) is 0 Å². The standard InChI is InChI=1S/C23H41N3O5/c1-21(2,3)31-20(28)26-18-5-7-22(26,16-24-14-18)8-10-29-11-12-30-19-13-23(17-27)6-4-9-25(23)15-19/h18-19,24,27H,4-17H2,1-3H3/t18?,19-,22?,23-/m1/s1. The van der Waals surface area contributed by atoms with Gasteiger partial charge < -0.3 is 24.6 Å². The number of amides is 1. The van der Waals surface area contributed by atoms with Crippen LogP contribution in [-0.2, 0) is 14.2 Å². The average molecular weight is 440 g/mol. The van der Waals surface area contributed by atoms with Crippen LogP contribution in [0.2, 0.25) is 0 Å². The first-order chi connectivity index (χ1) is 14.8. The van der Waals surface area contributed by atoms with E-state index in [4.69, 9.17) is 14.2 Å². The van der Waals surface area contributed by atoms with Gasteiger partial charge in [-0.2, -0.15) is 0 Å². The number of hydrogen-bond acceptors (Lipinski definition) is 7. The van der Waals surface area contributed by atoms with Crippen molar-refractivity contribution in [2.24, 2.45) is 0 Å². The van der Waals surface area contributed by atoms with Gasteiger partial charge in [-0.3, -0.25) is 9.80 Å². The highest BCUT2D eigenvalue weighted by atomic mass is 16.6. The lowest BCUT2D eigenvalue weighted by molar-refractivity contribution is -0.0266. The SMILES string of the molecule is CC(C)(C)OC(=O)N1C2CCC1(CCOCCO[C@H]1CN3CCC[C@]3(CO)C1)CNC2. The average Bonchev–Trinajstić information content (AvgIpc) is 3.31. The Bertz CT molecular complexity index is 637. The van der Waals surface area contributed by atoms with E-state index in [0.717, 1.165) is 58.3 Å². The van der Waals surface area contributed by atoms with Crippen LogP contribution < -0.4 is 5.32 Å². The molecule has 2 N–H and O–H groups in total. The molecule has 178 valence electrons. The van der Waals surface area contributed by atoms with E-state index >= 15 is 0 Å². The fraction of sp³-hybridized carbons (Fsp3) is 0.957. The van der Waals surface area contributed by atoms with Gasteiger partial charge in [0.1, 0.15) is 5.60 Å². The summed E-state index contributed by atoms with van der Waals surface area (Å²) in [5.41, 5.74) is -0.737. The number of fused-ring (bicyclic) bond motifs is 3. The van der Waals surface area contributed by atoms with E-state index in [0.29, 0.717) is 19.8 Å². The number of carbonyl (C=O) groups is 1. The zero-order chi connectivity index (χ0) is 22.1. The minimum atomic E-state index is -0.486. The van der Waals surface area contributed by atoms with Gasteiger partial charge >= 0.3 is 6.09 Å². The van der Waals surface area contributed by atoms with Crippen molar-refractivity contribution in [2.45, 2.75) is 88.1 Å². The molecule has 4 saturated heterocycles. The van der Waals surface area contributed by atoms with Gasteiger partial charge in [-0.05, 0) is 65.8 Å². The third-order valence-corrected chi connectivity index (χ3v) is 7.60. The van der Waals surface area contributed by atoms with Crippen molar-refractivity contribution >= 4 is 6.09 Å². The number of ether oxygens (including phenoxy) is 3. The highest BCUT2D eigenvalue weighted by Gasteiger charge is 2.52. The highest BCUT2D eigenvalue weighted by Crippen LogP contribution is 2.40. The molecule has 1 amide bonds. The molecule has 4 aliphatic heterocycles. The molecule has 4 fully saturated rings. The lowest BCUT2D eigenvalue weighted by Gasteiger charge is -2.45. The number of nitrogens with one attached hydrogen (secondary N) is 1. The van der Waals surface area contributed by atoms with Crippen LogP contribution in [0.15, 0.2) is 0 Å². The fourth-order valence-corrected chi connectivity index (χ4v) is 6.14. The van der Waals surface area contributed by atoms with Crippen LogP contribution in [-0.4, -0.2) is 102 Å². The van der Waals surface area contributed by atoms with Gasteiger partial charge in [0.05, 0.1) is 31.5 Å². The summed E-state index contributed by atoms with van der Waals surface area (Å²) < 4.78 is 17.7. The maximum atomic E-state index is 12.9. The lowest BCUT2D eigenvalue weighted by Crippen LogP contribution is -2.63. The maximum absolute atomic E-state index is 12.9. The van der Waals surface area contributed by atoms with E-state index in [2.05, 4.69) is 10.2 Å². The number of aliphatic hydroxyl groups is 1.